The SMILES string of the molecule is C=CCOc1ccc(C2C(C#N)=C(N)Oc3cc(OC(=O)c4ccc(F)cc4)ccc32)cc1. The predicted octanol–water partition coefficient (Wildman–Crippen LogP) is 4.83. The smallest absolute Gasteiger partial charge is 0.343 e. The van der Waals surface area contributed by atoms with Crippen LogP contribution in [0.5, 0.6) is 17.2 Å². The molecule has 0 radical (unpaired) electrons. The van der Waals surface area contributed by atoms with Crippen LogP contribution in [0.25, 0.3) is 0 Å². The highest BCUT2D eigenvalue weighted by atomic mass is 19.1. The molecule has 1 aliphatic heterocycles. The fourth-order valence-corrected chi connectivity index (χ4v) is 3.51. The van der Waals surface area contributed by atoms with E-state index in [2.05, 4.69) is 12.6 Å². The Morgan fingerprint density at radius 3 is 2.48 bits per heavy atom. The second-order valence-electron chi connectivity index (χ2n) is 7.19. The Kier molecular flexibility index (Phi) is 6.09. The molecular formula is C26H19FN2O4. The summed E-state index contributed by atoms with van der Waals surface area (Å²) < 4.78 is 29.7. The summed E-state index contributed by atoms with van der Waals surface area (Å²) in [5.41, 5.74) is 8.04. The molecule has 3 aromatic rings. The molecule has 3 aromatic carbocycles. The summed E-state index contributed by atoms with van der Waals surface area (Å²) in [6.07, 6.45) is 1.65. The quantitative estimate of drug-likeness (QED) is 0.334. The van der Waals surface area contributed by atoms with Crippen molar-refractivity contribution in [1.82, 2.24) is 0 Å². The van der Waals surface area contributed by atoms with Crippen molar-refractivity contribution in [2.75, 3.05) is 6.61 Å². The highest BCUT2D eigenvalue weighted by Crippen LogP contribution is 2.43. The van der Waals surface area contributed by atoms with Gasteiger partial charge in [0.25, 0.3) is 0 Å². The fraction of sp³-hybridized carbons (Fsp3) is 0.0769. The minimum Gasteiger partial charge on any atom is -0.490 e. The van der Waals surface area contributed by atoms with Crippen molar-refractivity contribution in [2.24, 2.45) is 5.73 Å². The normalized spacial score (nSPS) is 14.5. The van der Waals surface area contributed by atoms with Crippen molar-refractivity contribution in [3.8, 4) is 23.3 Å². The molecule has 164 valence electrons. The van der Waals surface area contributed by atoms with Gasteiger partial charge in [-0.1, -0.05) is 30.9 Å². The average Bonchev–Trinajstić information content (AvgIpc) is 2.82. The molecule has 0 fully saturated rings. The third-order valence-corrected chi connectivity index (χ3v) is 5.06. The van der Waals surface area contributed by atoms with Crippen LogP contribution >= 0.6 is 0 Å². The molecule has 0 saturated carbocycles. The van der Waals surface area contributed by atoms with E-state index in [1.807, 2.05) is 12.1 Å². The number of carbonyl (C=O) groups is 1. The van der Waals surface area contributed by atoms with E-state index in [0.29, 0.717) is 23.7 Å². The van der Waals surface area contributed by atoms with Crippen LogP contribution in [0.2, 0.25) is 0 Å². The second kappa shape index (κ2) is 9.28. The Bertz CT molecular complexity index is 1280. The summed E-state index contributed by atoms with van der Waals surface area (Å²) in [6, 6.07) is 19.3. The molecule has 0 aliphatic carbocycles. The predicted molar refractivity (Wildman–Crippen MR) is 119 cm³/mol. The molecule has 7 heteroatoms. The Morgan fingerprint density at radius 2 is 1.82 bits per heavy atom. The first-order valence-corrected chi connectivity index (χ1v) is 10.0. The van der Waals surface area contributed by atoms with E-state index in [4.69, 9.17) is 19.9 Å². The van der Waals surface area contributed by atoms with Gasteiger partial charge in [0.15, 0.2) is 0 Å². The van der Waals surface area contributed by atoms with Crippen LogP contribution in [-0.2, 0) is 0 Å². The number of halogens is 1. The number of nitrogens with zero attached hydrogens (tertiary/aromatic N) is 1. The van der Waals surface area contributed by atoms with Gasteiger partial charge in [-0.2, -0.15) is 5.26 Å². The maximum Gasteiger partial charge on any atom is 0.343 e. The largest absolute Gasteiger partial charge is 0.490 e. The Labute approximate surface area is 189 Å². The highest BCUT2D eigenvalue weighted by Gasteiger charge is 2.31. The van der Waals surface area contributed by atoms with Gasteiger partial charge < -0.3 is 19.9 Å². The number of nitriles is 1. The van der Waals surface area contributed by atoms with Gasteiger partial charge in [-0.15, -0.1) is 0 Å². The monoisotopic (exact) mass is 442 g/mol. The van der Waals surface area contributed by atoms with Crippen molar-refractivity contribution >= 4 is 5.97 Å². The Balaban J connectivity index is 1.64. The molecule has 1 aliphatic rings. The molecule has 0 bridgehead atoms. The van der Waals surface area contributed by atoms with Gasteiger partial charge in [0.1, 0.15) is 41.3 Å². The zero-order chi connectivity index (χ0) is 23.4. The van der Waals surface area contributed by atoms with Gasteiger partial charge >= 0.3 is 5.97 Å². The fourth-order valence-electron chi connectivity index (χ4n) is 3.51. The molecule has 1 heterocycles. The molecular weight excluding hydrogens is 423 g/mol. The number of rotatable bonds is 6. The third kappa shape index (κ3) is 4.55. The lowest BCUT2D eigenvalue weighted by atomic mass is 9.83. The summed E-state index contributed by atoms with van der Waals surface area (Å²) in [6.45, 7) is 4.01. The molecule has 0 spiro atoms. The van der Waals surface area contributed by atoms with E-state index >= 15 is 0 Å². The number of esters is 1. The lowest BCUT2D eigenvalue weighted by Gasteiger charge is -2.26. The Hall–Kier alpha value is -4.57. The number of carbonyl (C=O) groups excluding carboxylic acids is 1. The summed E-state index contributed by atoms with van der Waals surface area (Å²) in [5, 5.41) is 9.71. The van der Waals surface area contributed by atoms with E-state index in [0.717, 1.165) is 5.56 Å². The molecule has 33 heavy (non-hydrogen) atoms. The van der Waals surface area contributed by atoms with E-state index in [1.165, 1.54) is 30.3 Å². The molecule has 1 atom stereocenters. The van der Waals surface area contributed by atoms with Gasteiger partial charge in [-0.05, 0) is 48.0 Å². The molecule has 6 nitrogen and oxygen atoms in total. The van der Waals surface area contributed by atoms with Crippen LogP contribution in [0, 0.1) is 17.1 Å². The van der Waals surface area contributed by atoms with Crippen LogP contribution < -0.4 is 19.9 Å². The van der Waals surface area contributed by atoms with Crippen LogP contribution in [0.15, 0.2) is 90.8 Å². The zero-order valence-electron chi connectivity index (χ0n) is 17.5. The lowest BCUT2D eigenvalue weighted by Crippen LogP contribution is -2.21. The van der Waals surface area contributed by atoms with Gasteiger partial charge in [-0.25, -0.2) is 9.18 Å². The first-order valence-electron chi connectivity index (χ1n) is 10.0. The minimum absolute atomic E-state index is 0.0241. The highest BCUT2D eigenvalue weighted by molar-refractivity contribution is 5.91. The van der Waals surface area contributed by atoms with E-state index in [1.54, 1.807) is 30.3 Å². The van der Waals surface area contributed by atoms with Gasteiger partial charge in [0.2, 0.25) is 5.88 Å². The number of hydrogen-bond acceptors (Lipinski definition) is 6. The first kappa shape index (κ1) is 21.7. The van der Waals surface area contributed by atoms with Crippen molar-refractivity contribution in [3.63, 3.8) is 0 Å². The van der Waals surface area contributed by atoms with Crippen molar-refractivity contribution in [2.45, 2.75) is 5.92 Å². The molecule has 0 saturated heterocycles. The number of ether oxygens (including phenoxy) is 3. The van der Waals surface area contributed by atoms with Crippen LogP contribution in [0.4, 0.5) is 4.39 Å². The molecule has 1 unspecified atom stereocenters. The topological polar surface area (TPSA) is 94.6 Å². The van der Waals surface area contributed by atoms with E-state index in [9.17, 15) is 14.4 Å². The second-order valence-corrected chi connectivity index (χ2v) is 7.19. The standard InChI is InChI=1S/C26H19FN2O4/c1-2-13-31-19-9-5-16(6-10-19)24-21-12-11-20(14-23(21)33-25(29)22(24)15-28)32-26(30)17-3-7-18(27)8-4-17/h2-12,14,24H,1,13,29H2. The van der Waals surface area contributed by atoms with E-state index < -0.39 is 17.7 Å². The molecule has 0 amide bonds. The zero-order valence-corrected chi connectivity index (χ0v) is 17.5. The van der Waals surface area contributed by atoms with Crippen LogP contribution in [0.3, 0.4) is 0 Å². The summed E-state index contributed by atoms with van der Waals surface area (Å²) >= 11 is 0. The summed E-state index contributed by atoms with van der Waals surface area (Å²) in [4.78, 5) is 12.4. The average molecular weight is 442 g/mol. The Morgan fingerprint density at radius 1 is 1.12 bits per heavy atom. The van der Waals surface area contributed by atoms with Gasteiger partial charge in [0, 0.05) is 11.6 Å². The molecule has 4 rings (SSSR count). The lowest BCUT2D eigenvalue weighted by molar-refractivity contribution is 0.0734. The number of hydrogen-bond donors (Lipinski definition) is 1. The summed E-state index contributed by atoms with van der Waals surface area (Å²) in [7, 11) is 0. The van der Waals surface area contributed by atoms with Gasteiger partial charge in [0.05, 0.1) is 11.5 Å². The van der Waals surface area contributed by atoms with Crippen molar-refractivity contribution in [1.29, 1.82) is 5.26 Å². The number of allylic oxidation sites excluding steroid dienone is 1. The summed E-state index contributed by atoms with van der Waals surface area (Å²) in [5.74, 6) is -0.312. The number of fused-ring (bicyclic) bond motifs is 1. The minimum atomic E-state index is -0.640. The maximum atomic E-state index is 13.1. The van der Waals surface area contributed by atoms with Crippen molar-refractivity contribution < 1.29 is 23.4 Å². The van der Waals surface area contributed by atoms with E-state index in [-0.39, 0.29) is 22.8 Å². The number of benzene rings is 3. The first-order chi connectivity index (χ1) is 16.0. The number of nitrogens with two attached hydrogens (primary N) is 1. The van der Waals surface area contributed by atoms with Crippen LogP contribution in [0.1, 0.15) is 27.4 Å². The van der Waals surface area contributed by atoms with Crippen molar-refractivity contribution in [3.05, 3.63) is 113 Å². The molecule has 0 aromatic heterocycles. The van der Waals surface area contributed by atoms with Gasteiger partial charge in [-0.3, -0.25) is 0 Å². The molecule has 2 N–H and O–H groups in total. The maximum absolute atomic E-state index is 13.1. The third-order valence-electron chi connectivity index (χ3n) is 5.06. The van der Waals surface area contributed by atoms with Crippen LogP contribution in [-0.4, -0.2) is 12.6 Å².